The zero-order valence-electron chi connectivity index (χ0n) is 15.7. The van der Waals surface area contributed by atoms with Gasteiger partial charge in [0, 0.05) is 15.2 Å². The van der Waals surface area contributed by atoms with Crippen molar-refractivity contribution in [1.82, 2.24) is 9.88 Å². The third-order valence-corrected chi connectivity index (χ3v) is 6.47. The number of aromatic nitrogens is 1. The van der Waals surface area contributed by atoms with E-state index in [-0.39, 0.29) is 17.7 Å². The highest BCUT2D eigenvalue weighted by molar-refractivity contribution is 9.10. The van der Waals surface area contributed by atoms with Crippen LogP contribution in [-0.2, 0) is 11.3 Å². The van der Waals surface area contributed by atoms with Gasteiger partial charge in [-0.2, -0.15) is 0 Å². The first-order valence-corrected chi connectivity index (χ1v) is 11.0. The van der Waals surface area contributed by atoms with Crippen molar-refractivity contribution in [3.05, 3.63) is 93.3 Å². The lowest BCUT2D eigenvalue weighted by Gasteiger charge is -2.12. The Morgan fingerprint density at radius 3 is 2.10 bits per heavy atom. The predicted molar refractivity (Wildman–Crippen MR) is 125 cm³/mol. The lowest BCUT2D eigenvalue weighted by Crippen LogP contribution is -2.27. The highest BCUT2D eigenvalue weighted by atomic mass is 79.9. The molecule has 0 N–H and O–H groups in total. The summed E-state index contributed by atoms with van der Waals surface area (Å²) in [5.41, 5.74) is 3.53. The zero-order chi connectivity index (χ0) is 20.7. The molecule has 1 aromatic heterocycles. The maximum absolute atomic E-state index is 13.1. The quantitative estimate of drug-likeness (QED) is 0.255. The molecule has 0 saturated carbocycles. The Kier molecular flexibility index (Phi) is 4.89. The van der Waals surface area contributed by atoms with Crippen LogP contribution in [-0.4, -0.2) is 21.0 Å². The van der Waals surface area contributed by atoms with Crippen LogP contribution in [0.15, 0.2) is 82.2 Å². The molecule has 0 spiro atoms. The summed E-state index contributed by atoms with van der Waals surface area (Å²) in [6.45, 7) is 0.257. The van der Waals surface area contributed by atoms with E-state index in [2.05, 4.69) is 15.9 Å². The highest BCUT2D eigenvalue weighted by Crippen LogP contribution is 2.36. The Balaban J connectivity index is 1.58. The van der Waals surface area contributed by atoms with Crippen molar-refractivity contribution in [2.45, 2.75) is 6.54 Å². The van der Waals surface area contributed by atoms with E-state index in [9.17, 15) is 9.59 Å². The average Bonchev–Trinajstić information content (AvgIpc) is 3.02. The predicted octanol–water partition coefficient (Wildman–Crippen LogP) is 6.39. The van der Waals surface area contributed by atoms with Gasteiger partial charge in [-0.25, -0.2) is 4.98 Å². The van der Waals surface area contributed by atoms with Gasteiger partial charge in [0.2, 0.25) is 0 Å². The number of carbonyl (C=O) groups excluding carboxylic acids is 2. The van der Waals surface area contributed by atoms with Crippen LogP contribution < -0.4 is 0 Å². The van der Waals surface area contributed by atoms with Gasteiger partial charge < -0.3 is 0 Å². The Morgan fingerprint density at radius 1 is 0.867 bits per heavy atom. The fourth-order valence-corrected chi connectivity index (χ4v) is 4.65. The van der Waals surface area contributed by atoms with Crippen LogP contribution >= 0.6 is 27.7 Å². The van der Waals surface area contributed by atoms with Crippen molar-refractivity contribution in [2.75, 3.05) is 0 Å². The van der Waals surface area contributed by atoms with Crippen LogP contribution in [0.3, 0.4) is 0 Å². The summed E-state index contributed by atoms with van der Waals surface area (Å²) in [5, 5.41) is 1.66. The maximum Gasteiger partial charge on any atom is 0.293 e. The summed E-state index contributed by atoms with van der Waals surface area (Å²) in [7, 11) is 0. The molecular formula is C24H15BrN2O2S. The molecule has 2 heterocycles. The van der Waals surface area contributed by atoms with E-state index < -0.39 is 0 Å². The molecule has 5 rings (SSSR count). The Bertz CT molecular complexity index is 1290. The number of hydrogen-bond donors (Lipinski definition) is 0. The van der Waals surface area contributed by atoms with Crippen LogP contribution in [0.1, 0.15) is 11.1 Å². The summed E-state index contributed by atoms with van der Waals surface area (Å²) in [6.07, 6.45) is 1.83. The van der Waals surface area contributed by atoms with Crippen LogP contribution in [0, 0.1) is 0 Å². The Labute approximate surface area is 185 Å². The van der Waals surface area contributed by atoms with E-state index in [0.717, 1.165) is 49.2 Å². The first-order chi connectivity index (χ1) is 14.6. The molecule has 4 nitrogen and oxygen atoms in total. The third-order valence-electron chi connectivity index (χ3n) is 5.03. The van der Waals surface area contributed by atoms with E-state index >= 15 is 0 Å². The second kappa shape index (κ2) is 7.70. The number of pyridine rings is 1. The number of halogens is 1. The van der Waals surface area contributed by atoms with Crippen molar-refractivity contribution in [1.29, 1.82) is 0 Å². The van der Waals surface area contributed by atoms with E-state index in [1.54, 1.807) is 0 Å². The van der Waals surface area contributed by atoms with Crippen molar-refractivity contribution in [3.63, 3.8) is 0 Å². The summed E-state index contributed by atoms with van der Waals surface area (Å²) in [4.78, 5) is 32.1. The fraction of sp³-hybridized carbons (Fsp3) is 0.0417. The minimum Gasteiger partial charge on any atom is -0.268 e. The van der Waals surface area contributed by atoms with Crippen LogP contribution in [0.4, 0.5) is 4.79 Å². The molecule has 0 aliphatic carbocycles. The monoisotopic (exact) mass is 474 g/mol. The molecule has 0 atom stereocenters. The third kappa shape index (κ3) is 3.42. The molecule has 0 radical (unpaired) electrons. The van der Waals surface area contributed by atoms with E-state index in [0.29, 0.717) is 4.91 Å². The number of para-hydroxylation sites is 2. The molecule has 1 saturated heterocycles. The number of nitrogens with zero attached hydrogens (tertiary/aromatic N) is 2. The molecule has 146 valence electrons. The smallest absolute Gasteiger partial charge is 0.268 e. The topological polar surface area (TPSA) is 50.3 Å². The number of carbonyl (C=O) groups is 2. The van der Waals surface area contributed by atoms with Gasteiger partial charge in [-0.3, -0.25) is 14.5 Å². The number of benzene rings is 3. The minimum atomic E-state index is -0.266. The molecule has 2 amide bonds. The molecule has 3 aromatic carbocycles. The SMILES string of the molecule is O=C1SC(=Cc2c3ccccc3nc3ccccc23)C(=O)N1Cc1ccc(Br)cc1. The van der Waals surface area contributed by atoms with Gasteiger partial charge in [-0.15, -0.1) is 0 Å². The molecule has 0 bridgehead atoms. The number of imide groups is 1. The number of fused-ring (bicyclic) bond motifs is 2. The van der Waals surface area contributed by atoms with Gasteiger partial charge in [0.1, 0.15) is 0 Å². The van der Waals surface area contributed by atoms with Gasteiger partial charge in [0.25, 0.3) is 11.1 Å². The first-order valence-electron chi connectivity index (χ1n) is 9.37. The van der Waals surface area contributed by atoms with E-state index in [4.69, 9.17) is 4.98 Å². The Morgan fingerprint density at radius 2 is 1.47 bits per heavy atom. The van der Waals surface area contributed by atoms with Gasteiger partial charge in [0.15, 0.2) is 0 Å². The van der Waals surface area contributed by atoms with Gasteiger partial charge in [-0.1, -0.05) is 64.5 Å². The number of hydrogen-bond acceptors (Lipinski definition) is 4. The molecule has 6 heteroatoms. The highest BCUT2D eigenvalue weighted by Gasteiger charge is 2.35. The average molecular weight is 475 g/mol. The molecule has 1 aliphatic rings. The van der Waals surface area contributed by atoms with E-state index in [1.165, 1.54) is 4.90 Å². The van der Waals surface area contributed by atoms with Gasteiger partial charge in [-0.05, 0) is 53.2 Å². The Hall–Kier alpha value is -2.96. The summed E-state index contributed by atoms with van der Waals surface area (Å²) in [5.74, 6) is -0.266. The normalized spacial score (nSPS) is 15.6. The fourth-order valence-electron chi connectivity index (χ4n) is 3.57. The standard InChI is InChI=1S/C24H15BrN2O2S/c25-16-11-9-15(10-12-16)14-27-23(28)22(30-24(27)29)13-19-17-5-1-3-7-20(17)26-21-8-4-2-6-18(19)21/h1-13H,14H2. The lowest BCUT2D eigenvalue weighted by atomic mass is 10.0. The number of amides is 2. The van der Waals surface area contributed by atoms with Crippen molar-refractivity contribution < 1.29 is 9.59 Å². The summed E-state index contributed by atoms with van der Waals surface area (Å²) in [6, 6.07) is 23.3. The van der Waals surface area contributed by atoms with Gasteiger partial charge >= 0.3 is 0 Å². The van der Waals surface area contributed by atoms with Crippen LogP contribution in [0.25, 0.3) is 27.9 Å². The lowest BCUT2D eigenvalue weighted by molar-refractivity contribution is -0.123. The molecule has 4 aromatic rings. The minimum absolute atomic E-state index is 0.253. The second-order valence-electron chi connectivity index (χ2n) is 6.95. The first kappa shape index (κ1) is 19.0. The summed E-state index contributed by atoms with van der Waals surface area (Å²) < 4.78 is 0.955. The van der Waals surface area contributed by atoms with Crippen molar-refractivity contribution in [2.24, 2.45) is 0 Å². The summed E-state index contributed by atoms with van der Waals surface area (Å²) >= 11 is 4.39. The molecule has 0 unspecified atom stereocenters. The number of thioether (sulfide) groups is 1. The number of rotatable bonds is 3. The molecular weight excluding hydrogens is 460 g/mol. The van der Waals surface area contributed by atoms with Crippen molar-refractivity contribution in [3.8, 4) is 0 Å². The largest absolute Gasteiger partial charge is 0.293 e. The van der Waals surface area contributed by atoms with Crippen LogP contribution in [0.5, 0.6) is 0 Å². The van der Waals surface area contributed by atoms with Crippen molar-refractivity contribution >= 4 is 66.7 Å². The van der Waals surface area contributed by atoms with Gasteiger partial charge in [0.05, 0.1) is 22.5 Å². The molecule has 1 fully saturated rings. The van der Waals surface area contributed by atoms with Crippen LogP contribution in [0.2, 0.25) is 0 Å². The molecule has 30 heavy (non-hydrogen) atoms. The molecule has 1 aliphatic heterocycles. The second-order valence-corrected chi connectivity index (χ2v) is 8.86. The van der Waals surface area contributed by atoms with E-state index in [1.807, 2.05) is 78.9 Å². The maximum atomic E-state index is 13.1. The zero-order valence-corrected chi connectivity index (χ0v) is 18.1.